The van der Waals surface area contributed by atoms with Gasteiger partial charge in [0.1, 0.15) is 0 Å². The molecule has 1 aliphatic rings. The van der Waals surface area contributed by atoms with Crippen molar-refractivity contribution >= 4 is 78.1 Å². The summed E-state index contributed by atoms with van der Waals surface area (Å²) in [4.78, 5) is 23.1. The van der Waals surface area contributed by atoms with Crippen LogP contribution in [0.15, 0.2) is 46.9 Å². The number of piperidine rings is 1. The summed E-state index contributed by atoms with van der Waals surface area (Å²) in [5.41, 5.74) is 2.07. The monoisotopic (exact) mass is 676 g/mol. The van der Waals surface area contributed by atoms with E-state index in [4.69, 9.17) is 33.0 Å². The van der Waals surface area contributed by atoms with Crippen LogP contribution in [0.2, 0.25) is 10.0 Å². The number of aliphatic carboxylic acids is 1. The largest absolute Gasteiger partial charge is 0.479 e. The molecule has 1 aliphatic heterocycles. The third kappa shape index (κ3) is 7.24. The number of nitrogens with zero attached hydrogens (tertiary/aromatic N) is 1. The zero-order chi connectivity index (χ0) is 28.3. The Hall–Kier alpha value is -2.35. The first-order valence-electron chi connectivity index (χ1n) is 11.6. The summed E-state index contributed by atoms with van der Waals surface area (Å²) in [7, 11) is -3.53. The van der Waals surface area contributed by atoms with E-state index in [0.29, 0.717) is 56.5 Å². The molecule has 0 saturated carbocycles. The fraction of sp³-hybridized carbons (Fsp3) is 0.280. The van der Waals surface area contributed by atoms with E-state index >= 15 is 0 Å². The zero-order valence-electron chi connectivity index (χ0n) is 20.2. The van der Waals surface area contributed by atoms with Gasteiger partial charge in [-0.05, 0) is 64.2 Å². The number of carbonyl (C=O) groups is 2. The van der Waals surface area contributed by atoms with Crippen LogP contribution in [0.1, 0.15) is 28.1 Å². The Morgan fingerprint density at radius 3 is 2.46 bits per heavy atom. The molecule has 0 amide bonds. The van der Waals surface area contributed by atoms with Crippen LogP contribution in [-0.4, -0.2) is 60.6 Å². The number of hydrogen-bond acceptors (Lipinski definition) is 7. The van der Waals surface area contributed by atoms with Gasteiger partial charge in [-0.2, -0.15) is 0 Å². The molecular formula is C25H23BrCl2N2O7S2. The number of carboxylic acids is 2. The highest BCUT2D eigenvalue weighted by atomic mass is 79.9. The minimum absolute atomic E-state index is 0.0299. The summed E-state index contributed by atoms with van der Waals surface area (Å²) < 4.78 is 33.0. The second-order valence-electron chi connectivity index (χ2n) is 8.79. The van der Waals surface area contributed by atoms with Gasteiger partial charge in [0.25, 0.3) is 0 Å². The van der Waals surface area contributed by atoms with E-state index in [2.05, 4.69) is 21.2 Å². The summed E-state index contributed by atoms with van der Waals surface area (Å²) in [6.07, 6.45) is 1.20. The van der Waals surface area contributed by atoms with Crippen molar-refractivity contribution in [3.05, 3.63) is 67.4 Å². The Kier molecular flexibility index (Phi) is 9.45. The standard InChI is InChI=1S/C25H23BrCl2N2O7S2/c26-21-22(37-12-20(31)32)24(25(33)34)38-23(21)15-2-1-3-17(11-15)29-16-6-8-30(9-7-16)39(35,36)13-14-4-5-18(27)19(28)10-14/h1-5,10-11,16,29H,6-9,12-13H2,(H,31,32)(H,33,34). The SMILES string of the molecule is O=C(O)COc1c(C(=O)O)sc(-c2cccc(NC3CCN(S(=O)(=O)Cc4ccc(Cl)c(Cl)c4)CC3)c2)c1Br. The Morgan fingerprint density at radius 2 is 1.82 bits per heavy atom. The first kappa shape index (κ1) is 29.6. The third-order valence-corrected chi connectivity index (χ3v) is 10.8. The number of anilines is 1. The number of ether oxygens (including phenoxy) is 1. The van der Waals surface area contributed by atoms with Crippen LogP contribution >= 0.6 is 50.5 Å². The molecule has 2 aromatic carbocycles. The summed E-state index contributed by atoms with van der Waals surface area (Å²) in [5.74, 6) is -2.62. The summed E-state index contributed by atoms with van der Waals surface area (Å²) in [6.45, 7) is 0.0615. The number of nitrogens with one attached hydrogen (secondary N) is 1. The normalized spacial score (nSPS) is 14.7. The second-order valence-corrected chi connectivity index (χ2v) is 13.4. The first-order valence-corrected chi connectivity index (χ1v) is 15.6. The summed E-state index contributed by atoms with van der Waals surface area (Å²) in [5, 5.41) is 22.6. The van der Waals surface area contributed by atoms with E-state index in [-0.39, 0.29) is 22.4 Å². The molecule has 2 heterocycles. The molecule has 39 heavy (non-hydrogen) atoms. The van der Waals surface area contributed by atoms with Gasteiger partial charge >= 0.3 is 11.9 Å². The van der Waals surface area contributed by atoms with Crippen LogP contribution < -0.4 is 10.1 Å². The molecule has 0 bridgehead atoms. The van der Waals surface area contributed by atoms with Gasteiger partial charge in [-0.15, -0.1) is 11.3 Å². The molecule has 0 radical (unpaired) electrons. The van der Waals surface area contributed by atoms with Crippen molar-refractivity contribution in [3.8, 4) is 16.2 Å². The van der Waals surface area contributed by atoms with E-state index in [1.54, 1.807) is 18.2 Å². The second kappa shape index (κ2) is 12.4. The fourth-order valence-corrected chi connectivity index (χ4v) is 7.94. The first-order chi connectivity index (χ1) is 18.4. The number of sulfonamides is 1. The maximum Gasteiger partial charge on any atom is 0.349 e. The lowest BCUT2D eigenvalue weighted by atomic mass is 10.1. The Balaban J connectivity index is 1.42. The number of rotatable bonds is 10. The number of halogens is 3. The van der Waals surface area contributed by atoms with Crippen molar-refractivity contribution in [3.63, 3.8) is 0 Å². The van der Waals surface area contributed by atoms with Crippen LogP contribution in [0.5, 0.6) is 5.75 Å². The molecule has 208 valence electrons. The topological polar surface area (TPSA) is 133 Å². The predicted octanol–water partition coefficient (Wildman–Crippen LogP) is 6.05. The molecule has 9 nitrogen and oxygen atoms in total. The lowest BCUT2D eigenvalue weighted by Gasteiger charge is -2.32. The van der Waals surface area contributed by atoms with Crippen molar-refractivity contribution in [1.82, 2.24) is 4.31 Å². The quantitative estimate of drug-likeness (QED) is 0.236. The number of thiophene rings is 1. The van der Waals surface area contributed by atoms with Gasteiger partial charge in [0.15, 0.2) is 17.2 Å². The molecule has 14 heteroatoms. The minimum atomic E-state index is -3.53. The van der Waals surface area contributed by atoms with Crippen LogP contribution in [0.25, 0.3) is 10.4 Å². The molecule has 3 N–H and O–H groups in total. The van der Waals surface area contributed by atoms with Crippen molar-refractivity contribution < 1.29 is 33.0 Å². The smallest absolute Gasteiger partial charge is 0.349 e. The Bertz CT molecular complexity index is 1510. The maximum absolute atomic E-state index is 13.0. The lowest BCUT2D eigenvalue weighted by molar-refractivity contribution is -0.139. The predicted molar refractivity (Wildman–Crippen MR) is 155 cm³/mol. The van der Waals surface area contributed by atoms with Gasteiger partial charge in [-0.1, -0.05) is 41.4 Å². The molecule has 4 rings (SSSR count). The van der Waals surface area contributed by atoms with Gasteiger partial charge in [0.05, 0.1) is 25.1 Å². The molecule has 3 aromatic rings. The molecular weight excluding hydrogens is 655 g/mol. The maximum atomic E-state index is 13.0. The number of aromatic carboxylic acids is 1. The van der Waals surface area contributed by atoms with Crippen LogP contribution in [0.4, 0.5) is 5.69 Å². The molecule has 0 aliphatic carbocycles. The summed E-state index contributed by atoms with van der Waals surface area (Å²) >= 11 is 16.3. The van der Waals surface area contributed by atoms with E-state index in [0.717, 1.165) is 17.0 Å². The Labute approximate surface area is 247 Å². The summed E-state index contributed by atoms with van der Waals surface area (Å²) in [6, 6.07) is 12.2. The molecule has 1 aromatic heterocycles. The molecule has 0 atom stereocenters. The molecule has 1 fully saturated rings. The third-order valence-electron chi connectivity index (χ3n) is 6.02. The number of benzene rings is 2. The van der Waals surface area contributed by atoms with E-state index in [1.807, 2.05) is 24.3 Å². The van der Waals surface area contributed by atoms with Crippen molar-refractivity contribution in [2.24, 2.45) is 0 Å². The van der Waals surface area contributed by atoms with E-state index in [9.17, 15) is 23.1 Å². The van der Waals surface area contributed by atoms with Gasteiger partial charge < -0.3 is 20.3 Å². The fourth-order valence-electron chi connectivity index (χ4n) is 4.18. The average molecular weight is 678 g/mol. The molecule has 0 unspecified atom stereocenters. The highest BCUT2D eigenvalue weighted by molar-refractivity contribution is 9.10. The van der Waals surface area contributed by atoms with E-state index < -0.39 is 28.6 Å². The molecule has 0 spiro atoms. The average Bonchev–Trinajstić information content (AvgIpc) is 3.21. The van der Waals surface area contributed by atoms with Crippen molar-refractivity contribution in [2.45, 2.75) is 24.6 Å². The van der Waals surface area contributed by atoms with E-state index in [1.165, 1.54) is 4.31 Å². The van der Waals surface area contributed by atoms with Crippen molar-refractivity contribution in [2.75, 3.05) is 25.0 Å². The molecule has 1 saturated heterocycles. The minimum Gasteiger partial charge on any atom is -0.479 e. The van der Waals surface area contributed by atoms with Gasteiger partial charge in [-0.25, -0.2) is 22.3 Å². The zero-order valence-corrected chi connectivity index (χ0v) is 24.9. The lowest BCUT2D eigenvalue weighted by Crippen LogP contribution is -2.42. The van der Waals surface area contributed by atoms with Crippen LogP contribution in [0, 0.1) is 0 Å². The van der Waals surface area contributed by atoms with Crippen LogP contribution in [0.3, 0.4) is 0 Å². The van der Waals surface area contributed by atoms with Gasteiger partial charge in [0.2, 0.25) is 10.0 Å². The highest BCUT2D eigenvalue weighted by Crippen LogP contribution is 2.46. The van der Waals surface area contributed by atoms with Crippen LogP contribution in [-0.2, 0) is 20.6 Å². The van der Waals surface area contributed by atoms with Gasteiger partial charge in [-0.3, -0.25) is 0 Å². The Morgan fingerprint density at radius 1 is 1.10 bits per heavy atom. The van der Waals surface area contributed by atoms with Crippen molar-refractivity contribution in [1.29, 1.82) is 0 Å². The highest BCUT2D eigenvalue weighted by Gasteiger charge is 2.29. The number of carboxylic acid groups (broad SMARTS) is 2. The van der Waals surface area contributed by atoms with Gasteiger partial charge in [0, 0.05) is 24.8 Å². The number of hydrogen-bond donors (Lipinski definition) is 3.